The van der Waals surface area contributed by atoms with Crippen molar-refractivity contribution in [3.8, 4) is 5.88 Å². The summed E-state index contributed by atoms with van der Waals surface area (Å²) in [5.74, 6) is 0.452. The molecule has 5 nitrogen and oxygen atoms in total. The Morgan fingerprint density at radius 3 is 2.81 bits per heavy atom. The number of halogens is 1. The monoisotopic (exact) mass is 351 g/mol. The lowest BCUT2D eigenvalue weighted by molar-refractivity contribution is 0.0940. The van der Waals surface area contributed by atoms with Crippen molar-refractivity contribution < 1.29 is 9.53 Å². The predicted molar refractivity (Wildman–Crippen MR) is 84.5 cm³/mol. The number of hydrogen-bond acceptors (Lipinski definition) is 3. The van der Waals surface area contributed by atoms with E-state index < -0.39 is 0 Å². The van der Waals surface area contributed by atoms with E-state index in [1.807, 2.05) is 36.7 Å². The zero-order valence-corrected chi connectivity index (χ0v) is 13.8. The van der Waals surface area contributed by atoms with Gasteiger partial charge in [0.2, 0.25) is 5.88 Å². The number of nitrogens with one attached hydrogen (secondary N) is 1. The molecule has 0 aromatic carbocycles. The highest BCUT2D eigenvalue weighted by Crippen LogP contribution is 2.19. The van der Waals surface area contributed by atoms with Crippen LogP contribution in [0.25, 0.3) is 0 Å². The fourth-order valence-corrected chi connectivity index (χ4v) is 2.40. The van der Waals surface area contributed by atoms with Crippen LogP contribution in [0.2, 0.25) is 0 Å². The van der Waals surface area contributed by atoms with Crippen LogP contribution in [0, 0.1) is 0 Å². The van der Waals surface area contributed by atoms with E-state index in [0.29, 0.717) is 18.1 Å². The molecule has 0 unspecified atom stereocenters. The van der Waals surface area contributed by atoms with Crippen LogP contribution in [0.1, 0.15) is 35.9 Å². The Hall–Kier alpha value is -1.82. The van der Waals surface area contributed by atoms with Crippen molar-refractivity contribution >= 4 is 21.8 Å². The highest BCUT2D eigenvalue weighted by atomic mass is 79.9. The van der Waals surface area contributed by atoms with Crippen molar-refractivity contribution in [1.29, 1.82) is 0 Å². The maximum Gasteiger partial charge on any atom is 0.268 e. The molecule has 0 aliphatic heterocycles. The number of aromatic nitrogens is 2. The van der Waals surface area contributed by atoms with Crippen molar-refractivity contribution in [2.45, 2.75) is 26.4 Å². The molecule has 2 rings (SSSR count). The van der Waals surface area contributed by atoms with Crippen LogP contribution in [0.4, 0.5) is 0 Å². The number of pyridine rings is 1. The molecule has 0 saturated heterocycles. The van der Waals surface area contributed by atoms with E-state index >= 15 is 0 Å². The molecule has 6 heteroatoms. The second-order valence-corrected chi connectivity index (χ2v) is 5.85. The number of rotatable bonds is 5. The smallest absolute Gasteiger partial charge is 0.268 e. The molecular formula is C15H18BrN3O2. The van der Waals surface area contributed by atoms with Crippen molar-refractivity contribution in [3.05, 3.63) is 46.3 Å². The normalized spacial score (nSPS) is 10.7. The number of carbonyl (C=O) groups is 1. The van der Waals surface area contributed by atoms with E-state index in [1.54, 1.807) is 19.4 Å². The fraction of sp³-hybridized carbons (Fsp3) is 0.333. The van der Waals surface area contributed by atoms with Crippen molar-refractivity contribution in [1.82, 2.24) is 14.9 Å². The van der Waals surface area contributed by atoms with Crippen LogP contribution in [-0.2, 0) is 6.54 Å². The van der Waals surface area contributed by atoms with Gasteiger partial charge in [0.25, 0.3) is 5.91 Å². The van der Waals surface area contributed by atoms with Gasteiger partial charge in [-0.25, -0.2) is 4.98 Å². The van der Waals surface area contributed by atoms with E-state index in [0.717, 1.165) is 10.0 Å². The Kier molecular flexibility index (Phi) is 5.01. The van der Waals surface area contributed by atoms with E-state index in [4.69, 9.17) is 4.74 Å². The second kappa shape index (κ2) is 6.76. The summed E-state index contributed by atoms with van der Waals surface area (Å²) in [6.45, 7) is 4.50. The minimum atomic E-state index is -0.106. The van der Waals surface area contributed by atoms with Crippen molar-refractivity contribution in [3.63, 3.8) is 0 Å². The first-order chi connectivity index (χ1) is 10.0. The third-order valence-corrected chi connectivity index (χ3v) is 3.50. The van der Waals surface area contributed by atoms with Crippen LogP contribution in [0.5, 0.6) is 5.88 Å². The average Bonchev–Trinajstić information content (AvgIpc) is 2.87. The SMILES string of the molecule is COc1ccc(CNC(=O)c2cc(Br)cn2C(C)C)cn1. The molecule has 1 amide bonds. The quantitative estimate of drug-likeness (QED) is 0.899. The zero-order valence-electron chi connectivity index (χ0n) is 12.3. The van der Waals surface area contributed by atoms with Gasteiger partial charge in [-0.05, 0) is 41.4 Å². The Morgan fingerprint density at radius 2 is 2.24 bits per heavy atom. The standard InChI is InChI=1S/C15H18BrN3O2/c1-10(2)19-9-12(16)6-13(19)15(20)18-8-11-4-5-14(21-3)17-7-11/h4-7,9-10H,8H2,1-3H3,(H,18,20). The molecular weight excluding hydrogens is 334 g/mol. The first-order valence-corrected chi connectivity index (χ1v) is 7.45. The molecule has 1 N–H and O–H groups in total. The third-order valence-electron chi connectivity index (χ3n) is 3.06. The highest BCUT2D eigenvalue weighted by molar-refractivity contribution is 9.10. The van der Waals surface area contributed by atoms with Crippen LogP contribution in [0.3, 0.4) is 0 Å². The second-order valence-electron chi connectivity index (χ2n) is 4.94. The van der Waals surface area contributed by atoms with Gasteiger partial charge in [-0.2, -0.15) is 0 Å². The Labute approximate surface area is 132 Å². The van der Waals surface area contributed by atoms with E-state index in [9.17, 15) is 4.79 Å². The van der Waals surface area contributed by atoms with E-state index in [-0.39, 0.29) is 11.9 Å². The molecule has 0 radical (unpaired) electrons. The summed E-state index contributed by atoms with van der Waals surface area (Å²) in [7, 11) is 1.57. The lowest BCUT2D eigenvalue weighted by Gasteiger charge is -2.12. The molecule has 0 spiro atoms. The molecule has 21 heavy (non-hydrogen) atoms. The summed E-state index contributed by atoms with van der Waals surface area (Å²) < 4.78 is 7.83. The van der Waals surface area contributed by atoms with Crippen molar-refractivity contribution in [2.24, 2.45) is 0 Å². The molecule has 2 heterocycles. The molecule has 0 aliphatic rings. The molecule has 2 aromatic heterocycles. The summed E-state index contributed by atoms with van der Waals surface area (Å²) in [6, 6.07) is 5.69. The summed E-state index contributed by atoms with van der Waals surface area (Å²) in [5.41, 5.74) is 1.56. The Balaban J connectivity index is 2.04. The topological polar surface area (TPSA) is 56.1 Å². The molecule has 0 bridgehead atoms. The first kappa shape index (κ1) is 15.6. The Bertz CT molecular complexity index is 620. The number of ether oxygens (including phenoxy) is 1. The molecule has 0 saturated carbocycles. The fourth-order valence-electron chi connectivity index (χ4n) is 1.96. The van der Waals surface area contributed by atoms with Crippen LogP contribution in [0.15, 0.2) is 35.1 Å². The van der Waals surface area contributed by atoms with Gasteiger partial charge in [0.15, 0.2) is 0 Å². The lowest BCUT2D eigenvalue weighted by atomic mass is 10.2. The van der Waals surface area contributed by atoms with Gasteiger partial charge in [-0.1, -0.05) is 6.07 Å². The van der Waals surface area contributed by atoms with Gasteiger partial charge < -0.3 is 14.6 Å². The van der Waals surface area contributed by atoms with Gasteiger partial charge in [-0.3, -0.25) is 4.79 Å². The van der Waals surface area contributed by atoms with E-state index in [2.05, 4.69) is 26.2 Å². The molecule has 0 fully saturated rings. The molecule has 0 aliphatic carbocycles. The highest BCUT2D eigenvalue weighted by Gasteiger charge is 2.14. The Morgan fingerprint density at radius 1 is 1.48 bits per heavy atom. The van der Waals surface area contributed by atoms with Crippen LogP contribution < -0.4 is 10.1 Å². The van der Waals surface area contributed by atoms with Gasteiger partial charge in [0.05, 0.1) is 7.11 Å². The van der Waals surface area contributed by atoms with Crippen LogP contribution in [-0.4, -0.2) is 22.6 Å². The summed E-state index contributed by atoms with van der Waals surface area (Å²) >= 11 is 3.41. The maximum absolute atomic E-state index is 12.3. The minimum absolute atomic E-state index is 0.106. The number of hydrogen-bond donors (Lipinski definition) is 1. The first-order valence-electron chi connectivity index (χ1n) is 6.65. The molecule has 112 valence electrons. The van der Waals surface area contributed by atoms with Gasteiger partial charge in [-0.15, -0.1) is 0 Å². The number of amides is 1. The number of methoxy groups -OCH3 is 1. The van der Waals surface area contributed by atoms with Gasteiger partial charge in [0, 0.05) is 35.5 Å². The number of nitrogens with zero attached hydrogens (tertiary/aromatic N) is 2. The van der Waals surface area contributed by atoms with Gasteiger partial charge in [0.1, 0.15) is 5.69 Å². The largest absolute Gasteiger partial charge is 0.481 e. The summed E-state index contributed by atoms with van der Waals surface area (Å²) in [4.78, 5) is 16.4. The van der Waals surface area contributed by atoms with E-state index in [1.165, 1.54) is 0 Å². The molecule has 2 aromatic rings. The minimum Gasteiger partial charge on any atom is -0.481 e. The maximum atomic E-state index is 12.3. The zero-order chi connectivity index (χ0) is 15.4. The van der Waals surface area contributed by atoms with Crippen molar-refractivity contribution in [2.75, 3.05) is 7.11 Å². The predicted octanol–water partition coefficient (Wildman–Crippen LogP) is 3.17. The average molecular weight is 352 g/mol. The number of carbonyl (C=O) groups excluding carboxylic acids is 1. The van der Waals surface area contributed by atoms with Crippen LogP contribution >= 0.6 is 15.9 Å². The summed E-state index contributed by atoms with van der Waals surface area (Å²) in [5, 5.41) is 2.90. The third kappa shape index (κ3) is 3.85. The van der Waals surface area contributed by atoms with Gasteiger partial charge >= 0.3 is 0 Å². The lowest BCUT2D eigenvalue weighted by Crippen LogP contribution is -2.25. The molecule has 0 atom stereocenters. The summed E-state index contributed by atoms with van der Waals surface area (Å²) in [6.07, 6.45) is 3.60.